The van der Waals surface area contributed by atoms with Gasteiger partial charge in [0.2, 0.25) is 0 Å². The molecule has 1 atom stereocenters. The van der Waals surface area contributed by atoms with Gasteiger partial charge in [0.1, 0.15) is 5.82 Å². The second-order valence-corrected chi connectivity index (χ2v) is 5.29. The fraction of sp³-hybridized carbons (Fsp3) is 0.467. The average molecular weight is 296 g/mol. The van der Waals surface area contributed by atoms with Crippen molar-refractivity contribution in [3.05, 3.63) is 35.6 Å². The maximum absolute atomic E-state index is 12.7. The highest BCUT2D eigenvalue weighted by molar-refractivity contribution is 6.35. The largest absolute Gasteiger partial charge is 0.394 e. The first kappa shape index (κ1) is 17.1. The summed E-state index contributed by atoms with van der Waals surface area (Å²) < 4.78 is 12.7. The predicted octanol–water partition coefficient (Wildman–Crippen LogP) is 0.965. The number of hydrogen-bond donors (Lipinski definition) is 3. The van der Waals surface area contributed by atoms with E-state index in [0.29, 0.717) is 17.9 Å². The zero-order chi connectivity index (χ0) is 15.8. The lowest BCUT2D eigenvalue weighted by Crippen LogP contribution is -2.46. The van der Waals surface area contributed by atoms with Gasteiger partial charge in [0.15, 0.2) is 0 Å². The van der Waals surface area contributed by atoms with Crippen LogP contribution in [0.25, 0.3) is 0 Å². The molecular formula is C15H21FN2O3. The Labute approximate surface area is 123 Å². The van der Waals surface area contributed by atoms with E-state index in [0.717, 1.165) is 0 Å². The summed E-state index contributed by atoms with van der Waals surface area (Å²) in [6.07, 6.45) is 0.591. The standard InChI is InChI=1S/C15H21FN2O3/c1-10(2)7-13(9-19)18-15(21)14(20)17-8-11-3-5-12(16)6-4-11/h3-6,10,13,19H,7-9H2,1-2H3,(H,17,20)(H,18,21). The minimum atomic E-state index is -0.781. The van der Waals surface area contributed by atoms with Gasteiger partial charge in [-0.1, -0.05) is 26.0 Å². The van der Waals surface area contributed by atoms with Crippen LogP contribution in [0.3, 0.4) is 0 Å². The highest BCUT2D eigenvalue weighted by Gasteiger charge is 2.18. The Hall–Kier alpha value is -1.95. The SMILES string of the molecule is CC(C)CC(CO)NC(=O)C(=O)NCc1ccc(F)cc1. The van der Waals surface area contributed by atoms with Crippen molar-refractivity contribution in [3.63, 3.8) is 0 Å². The van der Waals surface area contributed by atoms with Crippen LogP contribution >= 0.6 is 0 Å². The van der Waals surface area contributed by atoms with Crippen molar-refractivity contribution in [3.8, 4) is 0 Å². The van der Waals surface area contributed by atoms with Gasteiger partial charge in [-0.3, -0.25) is 9.59 Å². The van der Waals surface area contributed by atoms with Crippen LogP contribution in [0.15, 0.2) is 24.3 Å². The van der Waals surface area contributed by atoms with E-state index in [4.69, 9.17) is 5.11 Å². The minimum Gasteiger partial charge on any atom is -0.394 e. The lowest BCUT2D eigenvalue weighted by Gasteiger charge is -2.17. The number of halogens is 1. The molecule has 0 saturated heterocycles. The third-order valence-electron chi connectivity index (χ3n) is 2.88. The first-order chi connectivity index (χ1) is 9.92. The number of hydrogen-bond acceptors (Lipinski definition) is 3. The molecule has 1 unspecified atom stereocenters. The average Bonchev–Trinajstić information content (AvgIpc) is 2.45. The van der Waals surface area contributed by atoms with E-state index in [1.807, 2.05) is 13.8 Å². The van der Waals surface area contributed by atoms with E-state index in [1.54, 1.807) is 0 Å². The molecule has 0 spiro atoms. The van der Waals surface area contributed by atoms with Gasteiger partial charge in [-0.25, -0.2) is 4.39 Å². The van der Waals surface area contributed by atoms with Gasteiger partial charge in [0.25, 0.3) is 0 Å². The summed E-state index contributed by atoms with van der Waals surface area (Å²) in [5.41, 5.74) is 0.693. The quantitative estimate of drug-likeness (QED) is 0.684. The van der Waals surface area contributed by atoms with Crippen molar-refractivity contribution in [2.75, 3.05) is 6.61 Å². The summed E-state index contributed by atoms with van der Waals surface area (Å²) in [5.74, 6) is -1.62. The van der Waals surface area contributed by atoms with Crippen molar-refractivity contribution in [2.45, 2.75) is 32.9 Å². The second kappa shape index (κ2) is 8.36. The molecule has 5 nitrogen and oxygen atoms in total. The monoisotopic (exact) mass is 296 g/mol. The zero-order valence-corrected chi connectivity index (χ0v) is 12.2. The van der Waals surface area contributed by atoms with E-state index < -0.39 is 17.9 Å². The Morgan fingerprint density at radius 2 is 1.81 bits per heavy atom. The van der Waals surface area contributed by atoms with E-state index in [-0.39, 0.29) is 19.0 Å². The van der Waals surface area contributed by atoms with Crippen LogP contribution in [0.1, 0.15) is 25.8 Å². The van der Waals surface area contributed by atoms with Gasteiger partial charge in [-0.15, -0.1) is 0 Å². The number of rotatable bonds is 6. The Morgan fingerprint density at radius 3 is 2.33 bits per heavy atom. The molecule has 0 aliphatic rings. The van der Waals surface area contributed by atoms with Crippen molar-refractivity contribution in [2.24, 2.45) is 5.92 Å². The molecule has 1 aromatic rings. The van der Waals surface area contributed by atoms with Crippen LogP contribution in [0.2, 0.25) is 0 Å². The Morgan fingerprint density at radius 1 is 1.19 bits per heavy atom. The molecule has 0 radical (unpaired) electrons. The van der Waals surface area contributed by atoms with Crippen molar-refractivity contribution in [1.82, 2.24) is 10.6 Å². The van der Waals surface area contributed by atoms with Gasteiger partial charge in [-0.2, -0.15) is 0 Å². The Kier molecular flexibility index (Phi) is 6.81. The summed E-state index contributed by atoms with van der Waals surface area (Å²) in [7, 11) is 0. The van der Waals surface area contributed by atoms with Crippen molar-refractivity contribution < 1.29 is 19.1 Å². The predicted molar refractivity (Wildman–Crippen MR) is 76.7 cm³/mol. The molecular weight excluding hydrogens is 275 g/mol. The third kappa shape index (κ3) is 6.35. The second-order valence-electron chi connectivity index (χ2n) is 5.29. The first-order valence-electron chi connectivity index (χ1n) is 6.86. The molecule has 0 aromatic heterocycles. The normalized spacial score (nSPS) is 12.0. The van der Waals surface area contributed by atoms with Crippen LogP contribution in [0.5, 0.6) is 0 Å². The number of carbonyl (C=O) groups is 2. The molecule has 0 saturated carbocycles. The van der Waals surface area contributed by atoms with Crippen molar-refractivity contribution in [1.29, 1.82) is 0 Å². The van der Waals surface area contributed by atoms with Crippen LogP contribution in [0, 0.1) is 11.7 Å². The fourth-order valence-electron chi connectivity index (χ4n) is 1.86. The van der Waals surface area contributed by atoms with Crippen LogP contribution in [0.4, 0.5) is 4.39 Å². The van der Waals surface area contributed by atoms with E-state index >= 15 is 0 Å². The molecule has 1 aromatic carbocycles. The van der Waals surface area contributed by atoms with Crippen LogP contribution < -0.4 is 10.6 Å². The van der Waals surface area contributed by atoms with E-state index in [2.05, 4.69) is 10.6 Å². The maximum Gasteiger partial charge on any atom is 0.309 e. The van der Waals surface area contributed by atoms with Crippen LogP contribution in [-0.4, -0.2) is 29.6 Å². The molecule has 0 aliphatic carbocycles. The van der Waals surface area contributed by atoms with Gasteiger partial charge in [-0.05, 0) is 30.0 Å². The number of carbonyl (C=O) groups excluding carboxylic acids is 2. The van der Waals surface area contributed by atoms with Crippen LogP contribution in [-0.2, 0) is 16.1 Å². The number of amides is 2. The lowest BCUT2D eigenvalue weighted by molar-refractivity contribution is -0.140. The smallest absolute Gasteiger partial charge is 0.309 e. The molecule has 6 heteroatoms. The van der Waals surface area contributed by atoms with Gasteiger partial charge < -0.3 is 15.7 Å². The molecule has 21 heavy (non-hydrogen) atoms. The fourth-order valence-corrected chi connectivity index (χ4v) is 1.86. The van der Waals surface area contributed by atoms with Crippen molar-refractivity contribution >= 4 is 11.8 Å². The number of aliphatic hydroxyl groups excluding tert-OH is 1. The molecule has 116 valence electrons. The molecule has 0 aliphatic heterocycles. The minimum absolute atomic E-state index is 0.139. The molecule has 0 heterocycles. The number of benzene rings is 1. The lowest BCUT2D eigenvalue weighted by atomic mass is 10.0. The van der Waals surface area contributed by atoms with Gasteiger partial charge in [0, 0.05) is 6.54 Å². The third-order valence-corrected chi connectivity index (χ3v) is 2.88. The van der Waals surface area contributed by atoms with Gasteiger partial charge >= 0.3 is 11.8 Å². The number of nitrogens with one attached hydrogen (secondary N) is 2. The summed E-state index contributed by atoms with van der Waals surface area (Å²) in [6, 6.07) is 5.19. The Bertz CT molecular complexity index is 474. The maximum atomic E-state index is 12.7. The van der Waals surface area contributed by atoms with Gasteiger partial charge in [0.05, 0.1) is 12.6 Å². The Balaban J connectivity index is 2.43. The summed E-state index contributed by atoms with van der Waals surface area (Å²) >= 11 is 0. The summed E-state index contributed by atoms with van der Waals surface area (Å²) in [5, 5.41) is 14.1. The molecule has 3 N–H and O–H groups in total. The molecule has 0 fully saturated rings. The molecule has 1 rings (SSSR count). The topological polar surface area (TPSA) is 78.4 Å². The summed E-state index contributed by atoms with van der Waals surface area (Å²) in [6.45, 7) is 3.85. The zero-order valence-electron chi connectivity index (χ0n) is 12.2. The van der Waals surface area contributed by atoms with E-state index in [9.17, 15) is 14.0 Å². The highest BCUT2D eigenvalue weighted by atomic mass is 19.1. The highest BCUT2D eigenvalue weighted by Crippen LogP contribution is 2.04. The number of aliphatic hydroxyl groups is 1. The molecule has 2 amide bonds. The molecule has 0 bridgehead atoms. The van der Waals surface area contributed by atoms with E-state index in [1.165, 1.54) is 24.3 Å². The first-order valence-corrected chi connectivity index (χ1v) is 6.86. The summed E-state index contributed by atoms with van der Waals surface area (Å²) in [4.78, 5) is 23.3.